The molecule has 1 heteroatoms. The molecule has 0 heterocycles. The fraction of sp³-hybridized carbons (Fsp3) is 0.333. The van der Waals surface area contributed by atoms with Crippen molar-refractivity contribution in [2.75, 3.05) is 7.05 Å². The molecular weight excluding hydrogens is 230 g/mol. The maximum absolute atomic E-state index is 3.43. The minimum atomic E-state index is 0.545. The highest BCUT2D eigenvalue weighted by atomic mass is 14.9. The smallest absolute Gasteiger partial charge is 0.0108 e. The first-order chi connectivity index (χ1) is 9.28. The Labute approximate surface area is 116 Å². The molecule has 2 rings (SSSR count). The van der Waals surface area contributed by atoms with E-state index in [2.05, 4.69) is 73.9 Å². The summed E-state index contributed by atoms with van der Waals surface area (Å²) in [5.74, 6) is 0. The standard InChI is InChI=1S/C18H23N/c1-15-8-10-16(11-9-15)12-13-18(19-2)14-17-6-4-3-5-7-17/h3-11,18-19H,12-14H2,1-2H3. The van der Waals surface area contributed by atoms with E-state index >= 15 is 0 Å². The van der Waals surface area contributed by atoms with Crippen LogP contribution in [-0.2, 0) is 12.8 Å². The van der Waals surface area contributed by atoms with Crippen molar-refractivity contribution in [1.82, 2.24) is 5.32 Å². The van der Waals surface area contributed by atoms with Gasteiger partial charge < -0.3 is 5.32 Å². The van der Waals surface area contributed by atoms with Crippen molar-refractivity contribution in [3.63, 3.8) is 0 Å². The first kappa shape index (κ1) is 13.8. The molecule has 1 N–H and O–H groups in total. The summed E-state index contributed by atoms with van der Waals surface area (Å²) >= 11 is 0. The molecule has 0 bridgehead atoms. The Morgan fingerprint density at radius 3 is 2.21 bits per heavy atom. The fourth-order valence-corrected chi connectivity index (χ4v) is 2.34. The molecule has 1 unspecified atom stereocenters. The SMILES string of the molecule is CNC(CCc1ccc(C)cc1)Cc1ccccc1. The van der Waals surface area contributed by atoms with E-state index in [-0.39, 0.29) is 0 Å². The summed E-state index contributed by atoms with van der Waals surface area (Å²) < 4.78 is 0. The van der Waals surface area contributed by atoms with Crippen molar-refractivity contribution in [2.24, 2.45) is 0 Å². The molecule has 0 spiro atoms. The third-order valence-electron chi connectivity index (χ3n) is 3.64. The molecular formula is C18H23N. The molecule has 2 aromatic carbocycles. The van der Waals surface area contributed by atoms with Crippen LogP contribution in [0.15, 0.2) is 54.6 Å². The number of nitrogens with one attached hydrogen (secondary N) is 1. The second kappa shape index (κ2) is 7.10. The number of likely N-dealkylation sites (N-methyl/N-ethyl adjacent to an activating group) is 1. The van der Waals surface area contributed by atoms with Crippen molar-refractivity contribution in [2.45, 2.75) is 32.2 Å². The van der Waals surface area contributed by atoms with E-state index in [4.69, 9.17) is 0 Å². The lowest BCUT2D eigenvalue weighted by Gasteiger charge is -2.16. The molecule has 0 aliphatic heterocycles. The first-order valence-corrected chi connectivity index (χ1v) is 7.04. The van der Waals surface area contributed by atoms with E-state index in [1.165, 1.54) is 23.1 Å². The predicted molar refractivity (Wildman–Crippen MR) is 82.5 cm³/mol. The average Bonchev–Trinajstić information content (AvgIpc) is 2.46. The highest BCUT2D eigenvalue weighted by molar-refractivity contribution is 5.21. The van der Waals surface area contributed by atoms with E-state index in [1.54, 1.807) is 0 Å². The van der Waals surface area contributed by atoms with Crippen molar-refractivity contribution in [3.05, 3.63) is 71.3 Å². The zero-order valence-corrected chi connectivity index (χ0v) is 11.9. The fourth-order valence-electron chi connectivity index (χ4n) is 2.34. The molecule has 0 saturated carbocycles. The van der Waals surface area contributed by atoms with Gasteiger partial charge in [0.25, 0.3) is 0 Å². The highest BCUT2D eigenvalue weighted by Gasteiger charge is 2.07. The molecule has 19 heavy (non-hydrogen) atoms. The summed E-state index contributed by atoms with van der Waals surface area (Å²) in [6.07, 6.45) is 3.41. The van der Waals surface area contributed by atoms with Crippen LogP contribution >= 0.6 is 0 Å². The summed E-state index contributed by atoms with van der Waals surface area (Å²) in [6, 6.07) is 20.1. The van der Waals surface area contributed by atoms with Gasteiger partial charge in [0.05, 0.1) is 0 Å². The highest BCUT2D eigenvalue weighted by Crippen LogP contribution is 2.11. The van der Waals surface area contributed by atoms with Crippen molar-refractivity contribution < 1.29 is 0 Å². The van der Waals surface area contributed by atoms with Crippen LogP contribution in [0.1, 0.15) is 23.1 Å². The van der Waals surface area contributed by atoms with Gasteiger partial charge in [-0.15, -0.1) is 0 Å². The molecule has 0 aromatic heterocycles. The van der Waals surface area contributed by atoms with E-state index in [1.807, 2.05) is 0 Å². The summed E-state index contributed by atoms with van der Waals surface area (Å²) in [6.45, 7) is 2.13. The maximum Gasteiger partial charge on any atom is 0.0108 e. The molecule has 0 aliphatic carbocycles. The van der Waals surface area contributed by atoms with E-state index in [0.29, 0.717) is 6.04 Å². The molecule has 0 amide bonds. The Bertz CT molecular complexity index is 473. The van der Waals surface area contributed by atoms with Crippen LogP contribution in [0.25, 0.3) is 0 Å². The lowest BCUT2D eigenvalue weighted by atomic mass is 9.99. The van der Waals surface area contributed by atoms with E-state index < -0.39 is 0 Å². The summed E-state index contributed by atoms with van der Waals surface area (Å²) in [7, 11) is 2.06. The molecule has 0 saturated heterocycles. The lowest BCUT2D eigenvalue weighted by molar-refractivity contribution is 0.520. The largest absolute Gasteiger partial charge is 0.317 e. The van der Waals surface area contributed by atoms with Gasteiger partial charge in [-0.1, -0.05) is 60.2 Å². The Hall–Kier alpha value is -1.60. The van der Waals surface area contributed by atoms with Gasteiger partial charge in [-0.05, 0) is 44.4 Å². The third-order valence-corrected chi connectivity index (χ3v) is 3.64. The predicted octanol–water partition coefficient (Wildman–Crippen LogP) is 3.76. The monoisotopic (exact) mass is 253 g/mol. The number of hydrogen-bond acceptors (Lipinski definition) is 1. The van der Waals surface area contributed by atoms with E-state index in [9.17, 15) is 0 Å². The Morgan fingerprint density at radius 1 is 0.895 bits per heavy atom. The minimum absolute atomic E-state index is 0.545. The van der Waals surface area contributed by atoms with Gasteiger partial charge >= 0.3 is 0 Å². The van der Waals surface area contributed by atoms with Gasteiger partial charge in [-0.3, -0.25) is 0 Å². The van der Waals surface area contributed by atoms with Gasteiger partial charge in [0, 0.05) is 6.04 Å². The van der Waals surface area contributed by atoms with Gasteiger partial charge in [-0.25, -0.2) is 0 Å². The van der Waals surface area contributed by atoms with Crippen LogP contribution in [0.5, 0.6) is 0 Å². The Balaban J connectivity index is 1.87. The topological polar surface area (TPSA) is 12.0 Å². The average molecular weight is 253 g/mol. The van der Waals surface area contributed by atoms with Crippen molar-refractivity contribution in [3.8, 4) is 0 Å². The van der Waals surface area contributed by atoms with Gasteiger partial charge in [0.2, 0.25) is 0 Å². The maximum atomic E-state index is 3.43. The molecule has 0 radical (unpaired) electrons. The zero-order valence-electron chi connectivity index (χ0n) is 11.9. The second-order valence-electron chi connectivity index (χ2n) is 5.20. The van der Waals surface area contributed by atoms with Crippen LogP contribution in [0.2, 0.25) is 0 Å². The summed E-state index contributed by atoms with van der Waals surface area (Å²) in [5.41, 5.74) is 4.17. The van der Waals surface area contributed by atoms with Crippen molar-refractivity contribution in [1.29, 1.82) is 0 Å². The zero-order chi connectivity index (χ0) is 13.5. The second-order valence-corrected chi connectivity index (χ2v) is 5.20. The molecule has 0 fully saturated rings. The number of aryl methyl sites for hydroxylation is 2. The van der Waals surface area contributed by atoms with Crippen LogP contribution in [-0.4, -0.2) is 13.1 Å². The quantitative estimate of drug-likeness (QED) is 0.826. The van der Waals surface area contributed by atoms with Crippen LogP contribution in [0.4, 0.5) is 0 Å². The number of hydrogen-bond donors (Lipinski definition) is 1. The molecule has 1 atom stereocenters. The van der Waals surface area contributed by atoms with Gasteiger partial charge in [0.15, 0.2) is 0 Å². The number of rotatable bonds is 6. The van der Waals surface area contributed by atoms with Gasteiger partial charge in [0.1, 0.15) is 0 Å². The summed E-state index contributed by atoms with van der Waals surface area (Å²) in [4.78, 5) is 0. The minimum Gasteiger partial charge on any atom is -0.317 e. The van der Waals surface area contributed by atoms with Crippen molar-refractivity contribution >= 4 is 0 Å². The van der Waals surface area contributed by atoms with Crippen LogP contribution in [0, 0.1) is 6.92 Å². The molecule has 1 nitrogen and oxygen atoms in total. The normalized spacial score (nSPS) is 12.3. The Kier molecular flexibility index (Phi) is 5.17. The first-order valence-electron chi connectivity index (χ1n) is 7.04. The van der Waals surface area contributed by atoms with Crippen LogP contribution < -0.4 is 5.32 Å². The number of benzene rings is 2. The van der Waals surface area contributed by atoms with Crippen LogP contribution in [0.3, 0.4) is 0 Å². The van der Waals surface area contributed by atoms with E-state index in [0.717, 1.165) is 12.8 Å². The molecule has 2 aromatic rings. The molecule has 100 valence electrons. The third kappa shape index (κ3) is 4.53. The molecule has 0 aliphatic rings. The van der Waals surface area contributed by atoms with Gasteiger partial charge in [-0.2, -0.15) is 0 Å². The summed E-state index contributed by atoms with van der Waals surface area (Å²) in [5, 5.41) is 3.43. The Morgan fingerprint density at radius 2 is 1.58 bits per heavy atom. The lowest BCUT2D eigenvalue weighted by Crippen LogP contribution is -2.28.